The molecule has 13 nitrogen and oxygen atoms in total. The van der Waals surface area contributed by atoms with Gasteiger partial charge in [-0.15, -0.1) is 0 Å². The zero-order valence-electron chi connectivity index (χ0n) is 45.7. The highest BCUT2D eigenvalue weighted by Crippen LogP contribution is 2.89. The van der Waals surface area contributed by atoms with Gasteiger partial charge in [-0.05, 0) is 178 Å². The van der Waals surface area contributed by atoms with Crippen LogP contribution in [-0.2, 0) is 39.8 Å². The largest absolute Gasteiger partial charge is 0.469 e. The molecule has 26 unspecified atom stereocenters. The van der Waals surface area contributed by atoms with Crippen molar-refractivity contribution >= 4 is 17.7 Å². The molecule has 4 N–H and O–H groups in total. The molecule has 1 aromatic rings. The van der Waals surface area contributed by atoms with Crippen molar-refractivity contribution in [1.29, 1.82) is 0 Å². The van der Waals surface area contributed by atoms with Gasteiger partial charge in [0.1, 0.15) is 35.8 Å². The zero-order valence-corrected chi connectivity index (χ0v) is 45.7. The molecule has 1 aromatic heterocycles. The highest BCUT2D eigenvalue weighted by atomic mass is 16.7. The number of hydrogen-bond acceptors (Lipinski definition) is 13. The maximum atomic E-state index is 16.6. The van der Waals surface area contributed by atoms with Crippen molar-refractivity contribution in [2.24, 2.45) is 110 Å². The van der Waals surface area contributed by atoms with Gasteiger partial charge in [0, 0.05) is 41.3 Å². The van der Waals surface area contributed by atoms with Gasteiger partial charge in [0.25, 0.3) is 0 Å². The summed E-state index contributed by atoms with van der Waals surface area (Å²) in [7, 11) is 0. The second kappa shape index (κ2) is 15.4. The molecule has 16 aliphatic rings. The predicted molar refractivity (Wildman–Crippen MR) is 278 cm³/mol. The van der Waals surface area contributed by atoms with Gasteiger partial charge in [-0.2, -0.15) is 0 Å². The van der Waals surface area contributed by atoms with E-state index in [-0.39, 0.29) is 65.9 Å². The molecule has 5 spiro atoms. The van der Waals surface area contributed by atoms with Gasteiger partial charge in [0.2, 0.25) is 0 Å². The molecule has 13 fully saturated rings. The molecule has 5 bridgehead atoms. The molecule has 7 aliphatic heterocycles. The average Bonchev–Trinajstić information content (AvgIpc) is 3.50. The lowest BCUT2D eigenvalue weighted by Gasteiger charge is -2.70. The van der Waals surface area contributed by atoms with Crippen molar-refractivity contribution < 1.29 is 53.1 Å². The van der Waals surface area contributed by atoms with E-state index in [4.69, 9.17) is 23.4 Å². The molecule has 0 aromatic carbocycles. The van der Waals surface area contributed by atoms with E-state index in [1.807, 2.05) is 6.07 Å². The van der Waals surface area contributed by atoms with Crippen LogP contribution < -0.4 is 5.32 Å². The van der Waals surface area contributed by atoms with Crippen molar-refractivity contribution in [3.05, 3.63) is 59.7 Å². The molecular formula is C64H82N2O11. The number of ketones is 1. The minimum absolute atomic E-state index is 0.0364. The Hall–Kier alpha value is -3.33. The van der Waals surface area contributed by atoms with Crippen LogP contribution in [0, 0.1) is 110 Å². The number of hydrogen-bond donors (Lipinski definition) is 4. The third-order valence-corrected chi connectivity index (χ3v) is 27.9. The van der Waals surface area contributed by atoms with E-state index in [0.29, 0.717) is 54.2 Å². The highest BCUT2D eigenvalue weighted by Gasteiger charge is 2.97. The molecule has 5 saturated heterocycles. The molecule has 26 atom stereocenters. The molecule has 13 heteroatoms. The zero-order chi connectivity index (χ0) is 52.3. The Balaban J connectivity index is 0.815. The van der Waals surface area contributed by atoms with Crippen LogP contribution in [0.15, 0.2) is 52.8 Å². The smallest absolute Gasteiger partial charge is 0.339 e. The lowest BCUT2D eigenvalue weighted by molar-refractivity contribution is -0.281. The molecule has 17 rings (SSSR count). The summed E-state index contributed by atoms with van der Waals surface area (Å²) in [6, 6.07) is 2.40. The van der Waals surface area contributed by atoms with Crippen LogP contribution in [0.4, 0.5) is 0 Å². The Morgan fingerprint density at radius 2 is 1.77 bits per heavy atom. The molecule has 77 heavy (non-hydrogen) atoms. The summed E-state index contributed by atoms with van der Waals surface area (Å²) in [5.41, 5.74) is -5.21. The summed E-state index contributed by atoms with van der Waals surface area (Å²) in [6.07, 6.45) is 25.2. The van der Waals surface area contributed by atoms with E-state index >= 15 is 14.4 Å². The number of rotatable bonds is 7. The predicted octanol–water partition coefficient (Wildman–Crippen LogP) is 7.77. The number of esters is 2. The number of furan rings is 1. The van der Waals surface area contributed by atoms with Crippen LogP contribution in [0.25, 0.3) is 0 Å². The summed E-state index contributed by atoms with van der Waals surface area (Å²) in [6.45, 7) is 10.4. The topological polar surface area (TPSA) is 181 Å². The maximum Gasteiger partial charge on any atom is 0.339 e. The van der Waals surface area contributed by atoms with E-state index in [1.54, 1.807) is 6.26 Å². The quantitative estimate of drug-likeness (QED) is 0.118. The normalized spacial score (nSPS) is 55.7. The summed E-state index contributed by atoms with van der Waals surface area (Å²) in [4.78, 5) is 49.8. The van der Waals surface area contributed by atoms with E-state index in [9.17, 15) is 15.3 Å². The third-order valence-electron chi connectivity index (χ3n) is 27.9. The number of epoxide rings is 1. The average molecular weight is 1060 g/mol. The summed E-state index contributed by atoms with van der Waals surface area (Å²) in [5.74, 6) is 0.235. The molecule has 9 aliphatic carbocycles. The van der Waals surface area contributed by atoms with Gasteiger partial charge < -0.3 is 43.6 Å². The molecule has 8 saturated carbocycles. The number of cyclic esters (lactones) is 2. The minimum atomic E-state index is -1.50. The van der Waals surface area contributed by atoms with Crippen LogP contribution in [0.2, 0.25) is 0 Å². The van der Waals surface area contributed by atoms with Crippen LogP contribution in [0.1, 0.15) is 141 Å². The summed E-state index contributed by atoms with van der Waals surface area (Å²) in [5, 5.41) is 39.8. The second-order valence-electron chi connectivity index (χ2n) is 30.1. The van der Waals surface area contributed by atoms with E-state index in [2.05, 4.69) is 68.4 Å². The van der Waals surface area contributed by atoms with Crippen molar-refractivity contribution in [3.8, 4) is 0 Å². The summed E-state index contributed by atoms with van der Waals surface area (Å²) >= 11 is 0. The first-order chi connectivity index (χ1) is 37.0. The molecule has 8 heterocycles. The number of carbonyl (C=O) groups excluding carboxylic acids is 3. The fraction of sp³-hybridized carbons (Fsp3) is 0.797. The number of aliphatic hydroxyl groups is 3. The molecule has 0 amide bonds. The monoisotopic (exact) mass is 1050 g/mol. The number of Topliss-reactive ketones (excluding diaryl/α,β-unsaturated/α-hetero) is 1. The van der Waals surface area contributed by atoms with Gasteiger partial charge in [-0.25, -0.2) is 4.79 Å². The first-order valence-electron chi connectivity index (χ1n) is 30.9. The first kappa shape index (κ1) is 48.4. The minimum Gasteiger partial charge on any atom is -0.469 e. The Labute approximate surface area is 453 Å². The second-order valence-corrected chi connectivity index (χ2v) is 30.1. The van der Waals surface area contributed by atoms with Crippen molar-refractivity contribution in [1.82, 2.24) is 10.2 Å². The number of nitrogens with zero attached hydrogens (tertiary/aromatic N) is 1. The molecule has 0 radical (unpaired) electrons. The van der Waals surface area contributed by atoms with Gasteiger partial charge >= 0.3 is 11.9 Å². The van der Waals surface area contributed by atoms with E-state index in [1.165, 1.54) is 37.7 Å². The Bertz CT molecular complexity index is 2850. The molecular weight excluding hydrogens is 973 g/mol. The number of nitrogens with one attached hydrogen (secondary N) is 1. The van der Waals surface area contributed by atoms with Gasteiger partial charge in [-0.3, -0.25) is 14.9 Å². The van der Waals surface area contributed by atoms with Crippen LogP contribution >= 0.6 is 0 Å². The van der Waals surface area contributed by atoms with Crippen molar-refractivity contribution in [2.45, 2.75) is 178 Å². The third kappa shape index (κ3) is 5.38. The lowest BCUT2D eigenvalue weighted by atomic mass is 9.32. The van der Waals surface area contributed by atoms with Crippen LogP contribution in [0.5, 0.6) is 0 Å². The van der Waals surface area contributed by atoms with Crippen LogP contribution in [0.3, 0.4) is 0 Å². The van der Waals surface area contributed by atoms with Gasteiger partial charge in [0.15, 0.2) is 11.9 Å². The Morgan fingerprint density at radius 1 is 0.922 bits per heavy atom. The fourth-order valence-corrected chi connectivity index (χ4v) is 25.6. The van der Waals surface area contributed by atoms with Crippen molar-refractivity contribution in [2.75, 3.05) is 26.4 Å². The number of allylic oxidation sites excluding steroid dienone is 3. The highest BCUT2D eigenvalue weighted by molar-refractivity contribution is 5.94. The fourth-order valence-electron chi connectivity index (χ4n) is 25.6. The van der Waals surface area contributed by atoms with Gasteiger partial charge in [-0.1, -0.05) is 64.3 Å². The first-order valence-corrected chi connectivity index (χ1v) is 30.9. The maximum absolute atomic E-state index is 16.6. The lowest BCUT2D eigenvalue weighted by Crippen LogP contribution is -2.80. The molecule has 414 valence electrons. The Kier molecular flexibility index (Phi) is 9.68. The standard InChI is InChI=1S/C64H82N2O11/c1-32-39-9-7-8-33(39)10-12-40(32)44-22-37-21-38-26-60(16-5-6-17-60)29-61(38)25-36-24-57(2)53(42-15-19-73-47(42)23-43(46(68)28-67)34-11-13-41-35(20-34)14-18-66-31-65-27-45(41)66)75-56(72)54-64(57,76-54)58(3)49(36)62-30-74-55(71)51(61)63(37,62)77-59(44,4)50(62)48(69)52(58)70/h10,12,14-15,18-19,22,32-36,38-41,43-46,49-54,65,67-68,70H,5-9,11,13,16-17,20-21,23-31H2,1-4H3. The number of fused-ring (bicyclic) bond motifs is 6. The van der Waals surface area contributed by atoms with E-state index < -0.39 is 86.6 Å². The Morgan fingerprint density at radius 3 is 2.60 bits per heavy atom. The van der Waals surface area contributed by atoms with Crippen molar-refractivity contribution in [3.63, 3.8) is 0 Å². The summed E-state index contributed by atoms with van der Waals surface area (Å²) < 4.78 is 35.7. The van der Waals surface area contributed by atoms with E-state index in [0.717, 1.165) is 76.6 Å². The van der Waals surface area contributed by atoms with Crippen LogP contribution in [-0.4, -0.2) is 106 Å². The van der Waals surface area contributed by atoms with Gasteiger partial charge in [0.05, 0.1) is 48.5 Å². The number of ether oxygens (including phenoxy) is 4. The number of aliphatic hydroxyl groups excluding tert-OH is 3. The number of carbonyl (C=O) groups is 3. The SMILES string of the molecule is CC1C(C2C=C3CC4CC5(CCCC5)CC45CC4CC6(C)C(c7ccoc7CC(C(O)CO)C7CCC8C(C=CN9CNCC89)C7)OC(=O)C7OC76C6(C)C(O)C(=O)C7C2(C)OC32C5C(=O)OCC72C46)C=CC2CCCC21.